The first-order valence-electron chi connectivity index (χ1n) is 4.66. The van der Waals surface area contributed by atoms with E-state index in [9.17, 15) is 0 Å². The SMILES string of the molecule is C=C(Cl)C(Cl)CCCCCCC. The van der Waals surface area contributed by atoms with Crippen LogP contribution in [-0.2, 0) is 0 Å². The molecule has 0 aromatic heterocycles. The van der Waals surface area contributed by atoms with E-state index in [0.29, 0.717) is 5.03 Å². The molecule has 72 valence electrons. The third-order valence-electron chi connectivity index (χ3n) is 1.90. The average molecular weight is 209 g/mol. The van der Waals surface area contributed by atoms with Gasteiger partial charge in [0.1, 0.15) is 0 Å². The molecule has 0 aliphatic heterocycles. The van der Waals surface area contributed by atoms with Crippen molar-refractivity contribution in [3.05, 3.63) is 11.6 Å². The van der Waals surface area contributed by atoms with Gasteiger partial charge in [-0.05, 0) is 6.42 Å². The van der Waals surface area contributed by atoms with Crippen molar-refractivity contribution in [2.24, 2.45) is 0 Å². The fourth-order valence-electron chi connectivity index (χ4n) is 1.08. The normalized spacial score (nSPS) is 12.9. The Labute approximate surface area is 85.9 Å². The minimum atomic E-state index is -0.0340. The second-order valence-electron chi connectivity index (χ2n) is 3.12. The zero-order valence-electron chi connectivity index (χ0n) is 7.78. The lowest BCUT2D eigenvalue weighted by molar-refractivity contribution is 0.612. The lowest BCUT2D eigenvalue weighted by atomic mass is 10.1. The first kappa shape index (κ1) is 12.3. The predicted octanol–water partition coefficient (Wildman–Crippen LogP) is 4.71. The van der Waals surface area contributed by atoms with E-state index in [-0.39, 0.29) is 5.38 Å². The maximum atomic E-state index is 5.90. The molecule has 0 aliphatic rings. The lowest BCUT2D eigenvalue weighted by Gasteiger charge is -2.05. The summed E-state index contributed by atoms with van der Waals surface area (Å²) in [6, 6.07) is 0. The van der Waals surface area contributed by atoms with Crippen LogP contribution >= 0.6 is 23.2 Å². The quantitative estimate of drug-likeness (QED) is 0.421. The van der Waals surface area contributed by atoms with Gasteiger partial charge in [0.15, 0.2) is 0 Å². The van der Waals surface area contributed by atoms with Gasteiger partial charge in [0, 0.05) is 5.03 Å². The fraction of sp³-hybridized carbons (Fsp3) is 0.800. The molecule has 0 spiro atoms. The molecule has 0 rings (SSSR count). The van der Waals surface area contributed by atoms with Crippen molar-refractivity contribution < 1.29 is 0 Å². The largest absolute Gasteiger partial charge is 0.117 e. The average Bonchev–Trinajstić information content (AvgIpc) is 2.03. The van der Waals surface area contributed by atoms with Gasteiger partial charge in [0.25, 0.3) is 0 Å². The molecule has 0 radical (unpaired) electrons. The molecule has 1 unspecified atom stereocenters. The molecular weight excluding hydrogens is 191 g/mol. The Balaban J connectivity index is 3.14. The number of hydrogen-bond acceptors (Lipinski definition) is 0. The standard InChI is InChI=1S/C10H18Cl2/c1-3-4-5-6-7-8-10(12)9(2)11/h10H,2-8H2,1H3. The molecule has 0 nitrogen and oxygen atoms in total. The molecule has 2 heteroatoms. The third-order valence-corrected chi connectivity index (χ3v) is 2.76. The van der Waals surface area contributed by atoms with E-state index in [4.69, 9.17) is 23.2 Å². The van der Waals surface area contributed by atoms with E-state index >= 15 is 0 Å². The Hall–Kier alpha value is 0.320. The van der Waals surface area contributed by atoms with Gasteiger partial charge in [-0.15, -0.1) is 11.6 Å². The van der Waals surface area contributed by atoms with Crippen LogP contribution in [-0.4, -0.2) is 5.38 Å². The molecule has 0 saturated carbocycles. The van der Waals surface area contributed by atoms with Crippen LogP contribution in [0.1, 0.15) is 45.4 Å². The van der Waals surface area contributed by atoms with Crippen molar-refractivity contribution in [3.63, 3.8) is 0 Å². The minimum absolute atomic E-state index is 0.0340. The van der Waals surface area contributed by atoms with Crippen molar-refractivity contribution in [3.8, 4) is 0 Å². The van der Waals surface area contributed by atoms with Gasteiger partial charge in [-0.1, -0.05) is 57.2 Å². The van der Waals surface area contributed by atoms with Crippen molar-refractivity contribution in [1.29, 1.82) is 0 Å². The number of hydrogen-bond donors (Lipinski definition) is 0. The second kappa shape index (κ2) is 7.94. The van der Waals surface area contributed by atoms with Crippen LogP contribution in [0.25, 0.3) is 0 Å². The third kappa shape index (κ3) is 7.00. The maximum absolute atomic E-state index is 5.90. The topological polar surface area (TPSA) is 0 Å². The highest BCUT2D eigenvalue weighted by Gasteiger charge is 2.05. The molecule has 0 aliphatic carbocycles. The van der Waals surface area contributed by atoms with E-state index in [1.165, 1.54) is 32.1 Å². The number of halogens is 2. The summed E-state index contributed by atoms with van der Waals surface area (Å²) in [5.41, 5.74) is 0. The number of alkyl halides is 1. The fourth-order valence-corrected chi connectivity index (χ4v) is 1.35. The second-order valence-corrected chi connectivity index (χ2v) is 4.13. The van der Waals surface area contributed by atoms with Crippen LogP contribution in [0.3, 0.4) is 0 Å². The zero-order chi connectivity index (χ0) is 9.40. The van der Waals surface area contributed by atoms with Crippen LogP contribution in [0, 0.1) is 0 Å². The summed E-state index contributed by atoms with van der Waals surface area (Å²) in [5, 5.41) is 0.542. The maximum Gasteiger partial charge on any atom is 0.0686 e. The van der Waals surface area contributed by atoms with Gasteiger partial charge in [-0.25, -0.2) is 0 Å². The highest BCUT2D eigenvalue weighted by molar-refractivity contribution is 6.37. The monoisotopic (exact) mass is 208 g/mol. The molecule has 0 aromatic carbocycles. The van der Waals surface area contributed by atoms with Crippen molar-refractivity contribution in [1.82, 2.24) is 0 Å². The van der Waals surface area contributed by atoms with Crippen LogP contribution in [0.4, 0.5) is 0 Å². The summed E-state index contributed by atoms with van der Waals surface area (Å²) >= 11 is 11.5. The van der Waals surface area contributed by atoms with Gasteiger partial charge in [0.05, 0.1) is 5.38 Å². The van der Waals surface area contributed by atoms with Crippen LogP contribution in [0.2, 0.25) is 0 Å². The Kier molecular flexibility index (Phi) is 8.15. The van der Waals surface area contributed by atoms with Gasteiger partial charge in [0.2, 0.25) is 0 Å². The zero-order valence-corrected chi connectivity index (χ0v) is 9.29. The molecule has 0 amide bonds. The Morgan fingerprint density at radius 1 is 1.25 bits per heavy atom. The molecule has 0 fully saturated rings. The van der Waals surface area contributed by atoms with Crippen LogP contribution < -0.4 is 0 Å². The number of allylic oxidation sites excluding steroid dienone is 1. The summed E-state index contributed by atoms with van der Waals surface area (Å²) in [4.78, 5) is 0. The molecular formula is C10H18Cl2. The molecule has 0 N–H and O–H groups in total. The Morgan fingerprint density at radius 3 is 2.33 bits per heavy atom. The van der Waals surface area contributed by atoms with E-state index in [1.807, 2.05) is 0 Å². The molecule has 0 heterocycles. The summed E-state index contributed by atoms with van der Waals surface area (Å²) in [6.07, 6.45) is 7.32. The smallest absolute Gasteiger partial charge is 0.0686 e. The van der Waals surface area contributed by atoms with Gasteiger partial charge in [-0.3, -0.25) is 0 Å². The van der Waals surface area contributed by atoms with Crippen molar-refractivity contribution in [2.75, 3.05) is 0 Å². The number of rotatable bonds is 7. The highest BCUT2D eigenvalue weighted by Crippen LogP contribution is 2.19. The van der Waals surface area contributed by atoms with Gasteiger partial charge < -0.3 is 0 Å². The first-order valence-corrected chi connectivity index (χ1v) is 5.48. The van der Waals surface area contributed by atoms with Gasteiger partial charge >= 0.3 is 0 Å². The van der Waals surface area contributed by atoms with E-state index in [1.54, 1.807) is 0 Å². The lowest BCUT2D eigenvalue weighted by Crippen LogP contribution is -1.96. The molecule has 0 bridgehead atoms. The summed E-state index contributed by atoms with van der Waals surface area (Å²) in [6.45, 7) is 5.82. The summed E-state index contributed by atoms with van der Waals surface area (Å²) < 4.78 is 0. The summed E-state index contributed by atoms with van der Waals surface area (Å²) in [5.74, 6) is 0. The number of unbranched alkanes of at least 4 members (excludes halogenated alkanes) is 4. The van der Waals surface area contributed by atoms with Crippen molar-refractivity contribution in [2.45, 2.75) is 50.8 Å². The van der Waals surface area contributed by atoms with Crippen LogP contribution in [0.5, 0.6) is 0 Å². The predicted molar refractivity (Wildman–Crippen MR) is 58.0 cm³/mol. The van der Waals surface area contributed by atoms with Crippen LogP contribution in [0.15, 0.2) is 11.6 Å². The molecule has 0 saturated heterocycles. The molecule has 0 aromatic rings. The Bertz CT molecular complexity index is 121. The molecule has 1 atom stereocenters. The summed E-state index contributed by atoms with van der Waals surface area (Å²) in [7, 11) is 0. The van der Waals surface area contributed by atoms with E-state index in [2.05, 4.69) is 13.5 Å². The van der Waals surface area contributed by atoms with E-state index < -0.39 is 0 Å². The highest BCUT2D eigenvalue weighted by atomic mass is 35.5. The first-order chi connectivity index (χ1) is 5.68. The Morgan fingerprint density at radius 2 is 1.83 bits per heavy atom. The minimum Gasteiger partial charge on any atom is -0.117 e. The van der Waals surface area contributed by atoms with Crippen molar-refractivity contribution >= 4 is 23.2 Å². The van der Waals surface area contributed by atoms with Gasteiger partial charge in [-0.2, -0.15) is 0 Å². The molecule has 12 heavy (non-hydrogen) atoms. The van der Waals surface area contributed by atoms with E-state index in [0.717, 1.165) is 6.42 Å².